The molecule has 0 bridgehead atoms. The van der Waals surface area contributed by atoms with Gasteiger partial charge in [0.1, 0.15) is 4.99 Å². The van der Waals surface area contributed by atoms with Crippen LogP contribution in [0.2, 0.25) is 5.02 Å². The molecule has 0 radical (unpaired) electrons. The number of anilines is 2. The van der Waals surface area contributed by atoms with E-state index in [0.29, 0.717) is 11.3 Å². The Bertz CT molecular complexity index is 649. The van der Waals surface area contributed by atoms with Crippen LogP contribution >= 0.6 is 39.7 Å². The molecule has 0 aromatic heterocycles. The SMILES string of the molecule is NC(=S)c1ccc(Br)cc1Nc1cccc(Cl)c1F. The molecule has 0 aliphatic carbocycles. The van der Waals surface area contributed by atoms with E-state index in [2.05, 4.69) is 21.2 Å². The van der Waals surface area contributed by atoms with Crippen molar-refractivity contribution >= 4 is 56.1 Å². The van der Waals surface area contributed by atoms with Gasteiger partial charge < -0.3 is 11.1 Å². The number of nitrogens with two attached hydrogens (primary N) is 1. The molecule has 3 N–H and O–H groups in total. The highest BCUT2D eigenvalue weighted by Crippen LogP contribution is 2.29. The number of hydrogen-bond donors (Lipinski definition) is 2. The third kappa shape index (κ3) is 3.23. The van der Waals surface area contributed by atoms with Crippen LogP contribution < -0.4 is 11.1 Å². The number of nitrogens with one attached hydrogen (secondary N) is 1. The standard InChI is InChI=1S/C13H9BrClFN2S/c14-7-4-5-8(13(17)19)11(6-7)18-10-3-1-2-9(15)12(10)16/h1-6,18H,(H2,17,19). The van der Waals surface area contributed by atoms with E-state index in [1.807, 2.05) is 6.07 Å². The summed E-state index contributed by atoms with van der Waals surface area (Å²) in [5, 5.41) is 3.00. The molecule has 2 nitrogen and oxygen atoms in total. The number of halogens is 3. The zero-order valence-electron chi connectivity index (χ0n) is 9.58. The second-order valence-electron chi connectivity index (χ2n) is 3.78. The van der Waals surface area contributed by atoms with Crippen molar-refractivity contribution in [2.45, 2.75) is 0 Å². The van der Waals surface area contributed by atoms with E-state index >= 15 is 0 Å². The summed E-state index contributed by atoms with van der Waals surface area (Å²) >= 11 is 14.1. The zero-order valence-corrected chi connectivity index (χ0v) is 12.7. The van der Waals surface area contributed by atoms with Gasteiger partial charge in [0.05, 0.1) is 10.7 Å². The van der Waals surface area contributed by atoms with Crippen LogP contribution in [0.3, 0.4) is 0 Å². The molecule has 98 valence electrons. The molecule has 0 spiro atoms. The highest BCUT2D eigenvalue weighted by atomic mass is 79.9. The van der Waals surface area contributed by atoms with Crippen molar-refractivity contribution in [1.29, 1.82) is 0 Å². The lowest BCUT2D eigenvalue weighted by Crippen LogP contribution is -2.12. The average molecular weight is 360 g/mol. The van der Waals surface area contributed by atoms with Gasteiger partial charge in [-0.05, 0) is 30.3 Å². The fraction of sp³-hybridized carbons (Fsp3) is 0. The Kier molecular flexibility index (Phi) is 4.39. The predicted octanol–water partition coefficient (Wildman–Crippen LogP) is 4.62. The van der Waals surface area contributed by atoms with E-state index in [1.165, 1.54) is 6.07 Å². The van der Waals surface area contributed by atoms with Crippen LogP contribution in [0.15, 0.2) is 40.9 Å². The van der Waals surface area contributed by atoms with Crippen molar-refractivity contribution in [3.8, 4) is 0 Å². The van der Waals surface area contributed by atoms with Crippen LogP contribution in [-0.4, -0.2) is 4.99 Å². The van der Waals surface area contributed by atoms with Crippen molar-refractivity contribution in [2.75, 3.05) is 5.32 Å². The van der Waals surface area contributed by atoms with Gasteiger partial charge in [0.15, 0.2) is 5.82 Å². The van der Waals surface area contributed by atoms with Crippen molar-refractivity contribution < 1.29 is 4.39 Å². The molecule has 0 heterocycles. The lowest BCUT2D eigenvalue weighted by Gasteiger charge is -2.13. The molecule has 0 saturated heterocycles. The smallest absolute Gasteiger partial charge is 0.165 e. The van der Waals surface area contributed by atoms with Gasteiger partial charge in [0, 0.05) is 15.7 Å². The highest BCUT2D eigenvalue weighted by molar-refractivity contribution is 9.10. The summed E-state index contributed by atoms with van der Waals surface area (Å²) in [5.74, 6) is -0.516. The summed E-state index contributed by atoms with van der Waals surface area (Å²) in [6, 6.07) is 10.1. The summed E-state index contributed by atoms with van der Waals surface area (Å²) in [5.41, 5.74) is 7.16. The molecule has 0 atom stereocenters. The maximum absolute atomic E-state index is 13.9. The van der Waals surface area contributed by atoms with Gasteiger partial charge in [-0.1, -0.05) is 45.8 Å². The fourth-order valence-electron chi connectivity index (χ4n) is 1.58. The molecule has 2 aromatic rings. The van der Waals surface area contributed by atoms with Gasteiger partial charge in [-0.2, -0.15) is 0 Å². The van der Waals surface area contributed by atoms with Gasteiger partial charge >= 0.3 is 0 Å². The Balaban J connectivity index is 2.45. The summed E-state index contributed by atoms with van der Waals surface area (Å²) in [7, 11) is 0. The molecule has 2 rings (SSSR count). The van der Waals surface area contributed by atoms with Gasteiger partial charge in [-0.3, -0.25) is 0 Å². The number of hydrogen-bond acceptors (Lipinski definition) is 2. The van der Waals surface area contributed by atoms with Crippen molar-refractivity contribution in [1.82, 2.24) is 0 Å². The molecular weight excluding hydrogens is 351 g/mol. The number of benzene rings is 2. The Morgan fingerprint density at radius 1 is 1.26 bits per heavy atom. The van der Waals surface area contributed by atoms with E-state index in [1.54, 1.807) is 24.3 Å². The number of thiocarbonyl (C=S) groups is 1. The maximum Gasteiger partial charge on any atom is 0.165 e. The summed E-state index contributed by atoms with van der Waals surface area (Å²) in [4.78, 5) is 0.234. The van der Waals surface area contributed by atoms with Crippen LogP contribution in [0.25, 0.3) is 0 Å². The van der Waals surface area contributed by atoms with E-state index in [9.17, 15) is 4.39 Å². The molecule has 6 heteroatoms. The van der Waals surface area contributed by atoms with Gasteiger partial charge in [-0.15, -0.1) is 0 Å². The Hall–Kier alpha value is -1.17. The largest absolute Gasteiger partial charge is 0.389 e. The summed E-state index contributed by atoms with van der Waals surface area (Å²) < 4.78 is 14.7. The molecule has 19 heavy (non-hydrogen) atoms. The molecule has 0 aliphatic heterocycles. The summed E-state index contributed by atoms with van der Waals surface area (Å²) in [6.45, 7) is 0. The lowest BCUT2D eigenvalue weighted by molar-refractivity contribution is 0.632. The van der Waals surface area contributed by atoms with Gasteiger partial charge in [-0.25, -0.2) is 4.39 Å². The van der Waals surface area contributed by atoms with Crippen molar-refractivity contribution in [3.05, 3.63) is 57.3 Å². The zero-order chi connectivity index (χ0) is 14.0. The monoisotopic (exact) mass is 358 g/mol. The van der Waals surface area contributed by atoms with E-state index in [-0.39, 0.29) is 15.7 Å². The van der Waals surface area contributed by atoms with E-state index < -0.39 is 5.82 Å². The van der Waals surface area contributed by atoms with Crippen molar-refractivity contribution in [2.24, 2.45) is 5.73 Å². The molecule has 0 saturated carbocycles. The average Bonchev–Trinajstić information content (AvgIpc) is 2.35. The minimum absolute atomic E-state index is 0.0527. The van der Waals surface area contributed by atoms with Crippen LogP contribution in [0, 0.1) is 5.82 Å². The van der Waals surface area contributed by atoms with Crippen LogP contribution in [0.1, 0.15) is 5.56 Å². The summed E-state index contributed by atoms with van der Waals surface area (Å²) in [6.07, 6.45) is 0. The first-order chi connectivity index (χ1) is 8.99. The molecular formula is C13H9BrClFN2S. The van der Waals surface area contributed by atoms with E-state index in [4.69, 9.17) is 29.6 Å². The third-order valence-electron chi connectivity index (χ3n) is 2.47. The molecule has 0 amide bonds. The maximum atomic E-state index is 13.9. The topological polar surface area (TPSA) is 38.0 Å². The normalized spacial score (nSPS) is 10.3. The minimum Gasteiger partial charge on any atom is -0.389 e. The Morgan fingerprint density at radius 2 is 2.00 bits per heavy atom. The number of rotatable bonds is 3. The lowest BCUT2D eigenvalue weighted by atomic mass is 10.1. The van der Waals surface area contributed by atoms with Crippen LogP contribution in [-0.2, 0) is 0 Å². The molecule has 2 aromatic carbocycles. The Morgan fingerprint density at radius 3 is 2.68 bits per heavy atom. The molecule has 0 unspecified atom stereocenters. The molecule has 0 aliphatic rings. The van der Waals surface area contributed by atoms with Gasteiger partial charge in [0.2, 0.25) is 0 Å². The van der Waals surface area contributed by atoms with Crippen LogP contribution in [0.5, 0.6) is 0 Å². The van der Waals surface area contributed by atoms with E-state index in [0.717, 1.165) is 4.47 Å². The quantitative estimate of drug-likeness (QED) is 0.785. The second kappa shape index (κ2) is 5.86. The predicted molar refractivity (Wildman–Crippen MR) is 84.7 cm³/mol. The minimum atomic E-state index is -0.516. The van der Waals surface area contributed by atoms with Crippen molar-refractivity contribution in [3.63, 3.8) is 0 Å². The van der Waals surface area contributed by atoms with Crippen LogP contribution in [0.4, 0.5) is 15.8 Å². The van der Waals surface area contributed by atoms with Gasteiger partial charge in [0.25, 0.3) is 0 Å². The Labute approximate surface area is 128 Å². The fourth-order valence-corrected chi connectivity index (χ4v) is 2.29. The second-order valence-corrected chi connectivity index (χ2v) is 5.54. The highest BCUT2D eigenvalue weighted by Gasteiger charge is 2.10. The first-order valence-corrected chi connectivity index (χ1v) is 6.87. The first kappa shape index (κ1) is 14.2. The first-order valence-electron chi connectivity index (χ1n) is 5.29. The molecule has 0 fully saturated rings. The third-order valence-corrected chi connectivity index (χ3v) is 3.47.